The highest BCUT2D eigenvalue weighted by Crippen LogP contribution is 2.66. The van der Waals surface area contributed by atoms with Gasteiger partial charge in [-0.1, -0.05) is 41.5 Å². The minimum Gasteiger partial charge on any atom is -0.462 e. The van der Waals surface area contributed by atoms with Crippen molar-refractivity contribution < 1.29 is 9.53 Å². The Balaban J connectivity index is 1.97. The summed E-state index contributed by atoms with van der Waals surface area (Å²) >= 11 is 0. The molecule has 2 N–H and O–H groups in total. The van der Waals surface area contributed by atoms with Gasteiger partial charge in [0.05, 0.1) is 6.42 Å². The molecular weight excluding hydrogens is 250 g/mol. The predicted octanol–water partition coefficient (Wildman–Crippen LogP) is 3.51. The molecule has 0 aromatic heterocycles. The van der Waals surface area contributed by atoms with Crippen LogP contribution in [0.2, 0.25) is 0 Å². The summed E-state index contributed by atoms with van der Waals surface area (Å²) in [6.45, 7) is 13.1. The molecule has 3 heteroatoms. The molecule has 116 valence electrons. The summed E-state index contributed by atoms with van der Waals surface area (Å²) in [5.41, 5.74) is 6.45. The van der Waals surface area contributed by atoms with E-state index in [-0.39, 0.29) is 34.4 Å². The molecule has 2 fully saturated rings. The van der Waals surface area contributed by atoms with E-state index < -0.39 is 0 Å². The van der Waals surface area contributed by atoms with E-state index in [9.17, 15) is 4.79 Å². The third-order valence-electron chi connectivity index (χ3n) is 6.49. The van der Waals surface area contributed by atoms with E-state index in [0.717, 1.165) is 6.42 Å². The lowest BCUT2D eigenvalue weighted by Crippen LogP contribution is -2.41. The topological polar surface area (TPSA) is 52.3 Å². The van der Waals surface area contributed by atoms with Crippen LogP contribution in [0, 0.1) is 22.2 Å². The first-order valence-corrected chi connectivity index (χ1v) is 7.93. The normalized spacial score (nSPS) is 37.0. The molecule has 2 saturated carbocycles. The van der Waals surface area contributed by atoms with Crippen LogP contribution in [0.4, 0.5) is 0 Å². The summed E-state index contributed by atoms with van der Waals surface area (Å²) in [6, 6.07) is -0.144. The molecule has 0 spiro atoms. The van der Waals surface area contributed by atoms with Gasteiger partial charge in [-0.2, -0.15) is 0 Å². The van der Waals surface area contributed by atoms with E-state index >= 15 is 0 Å². The minimum atomic E-state index is -0.144. The number of hydrogen-bond acceptors (Lipinski definition) is 3. The molecule has 0 radical (unpaired) electrons. The molecule has 0 aliphatic heterocycles. The van der Waals surface area contributed by atoms with Crippen LogP contribution in [-0.4, -0.2) is 18.1 Å². The maximum absolute atomic E-state index is 12.2. The van der Waals surface area contributed by atoms with Gasteiger partial charge in [0.1, 0.15) is 6.10 Å². The van der Waals surface area contributed by atoms with Crippen LogP contribution in [0.25, 0.3) is 0 Å². The van der Waals surface area contributed by atoms with Gasteiger partial charge in [0, 0.05) is 11.5 Å². The number of nitrogens with two attached hydrogens (primary N) is 1. The molecule has 0 heterocycles. The van der Waals surface area contributed by atoms with Crippen molar-refractivity contribution in [2.24, 2.45) is 27.9 Å². The fraction of sp³-hybridized carbons (Fsp3) is 0.941. The summed E-state index contributed by atoms with van der Waals surface area (Å²) in [5, 5.41) is 0. The third kappa shape index (κ3) is 2.38. The molecule has 2 aliphatic rings. The second kappa shape index (κ2) is 4.72. The Labute approximate surface area is 123 Å². The number of rotatable bonds is 3. The van der Waals surface area contributed by atoms with Crippen LogP contribution in [0.1, 0.15) is 67.2 Å². The lowest BCUT2D eigenvalue weighted by atomic mass is 9.70. The smallest absolute Gasteiger partial charge is 0.307 e. The van der Waals surface area contributed by atoms with Gasteiger partial charge < -0.3 is 10.5 Å². The molecule has 4 unspecified atom stereocenters. The molecule has 3 nitrogen and oxygen atoms in total. The fourth-order valence-corrected chi connectivity index (χ4v) is 4.00. The quantitative estimate of drug-likeness (QED) is 0.805. The summed E-state index contributed by atoms with van der Waals surface area (Å²) < 4.78 is 5.83. The van der Waals surface area contributed by atoms with E-state index in [1.54, 1.807) is 0 Å². The minimum absolute atomic E-state index is 0.0587. The van der Waals surface area contributed by atoms with Crippen molar-refractivity contribution in [3.05, 3.63) is 0 Å². The third-order valence-corrected chi connectivity index (χ3v) is 6.49. The summed E-state index contributed by atoms with van der Waals surface area (Å²) in [7, 11) is 0. The van der Waals surface area contributed by atoms with E-state index in [2.05, 4.69) is 41.5 Å². The van der Waals surface area contributed by atoms with Crippen molar-refractivity contribution in [2.45, 2.75) is 79.4 Å². The van der Waals surface area contributed by atoms with E-state index in [0.29, 0.717) is 12.3 Å². The lowest BCUT2D eigenvalue weighted by Gasteiger charge is -2.38. The first-order chi connectivity index (χ1) is 8.98. The maximum atomic E-state index is 12.2. The fourth-order valence-electron chi connectivity index (χ4n) is 4.00. The van der Waals surface area contributed by atoms with Crippen LogP contribution in [0.15, 0.2) is 0 Å². The SMILES string of the molecule is CC(C)(C)C(N)CC(=O)OC1CC2CCC1(C)C2(C)C. The Morgan fingerprint density at radius 1 is 1.35 bits per heavy atom. The molecular formula is C17H31NO2. The predicted molar refractivity (Wildman–Crippen MR) is 81.2 cm³/mol. The summed E-state index contributed by atoms with van der Waals surface area (Å²) in [5.74, 6) is 0.573. The highest BCUT2D eigenvalue weighted by Gasteiger charge is 2.62. The van der Waals surface area contributed by atoms with Gasteiger partial charge in [0.15, 0.2) is 0 Å². The second-order valence-corrected chi connectivity index (χ2v) is 8.77. The summed E-state index contributed by atoms with van der Waals surface area (Å²) in [4.78, 5) is 12.2. The molecule has 4 atom stereocenters. The molecule has 20 heavy (non-hydrogen) atoms. The molecule has 0 aromatic rings. The van der Waals surface area contributed by atoms with Crippen molar-refractivity contribution in [1.29, 1.82) is 0 Å². The van der Waals surface area contributed by atoms with Gasteiger partial charge in [-0.05, 0) is 36.0 Å². The van der Waals surface area contributed by atoms with Gasteiger partial charge in [0.25, 0.3) is 0 Å². The van der Waals surface area contributed by atoms with Gasteiger partial charge in [-0.25, -0.2) is 0 Å². The molecule has 0 amide bonds. The molecule has 0 saturated heterocycles. The van der Waals surface area contributed by atoms with Crippen molar-refractivity contribution in [3.63, 3.8) is 0 Å². The largest absolute Gasteiger partial charge is 0.462 e. The first kappa shape index (κ1) is 15.8. The Morgan fingerprint density at radius 2 is 1.95 bits per heavy atom. The average molecular weight is 281 g/mol. The molecule has 2 bridgehead atoms. The van der Waals surface area contributed by atoms with Gasteiger partial charge in [0.2, 0.25) is 0 Å². The molecule has 2 rings (SSSR count). The number of ether oxygens (including phenoxy) is 1. The lowest BCUT2D eigenvalue weighted by molar-refractivity contribution is -0.157. The maximum Gasteiger partial charge on any atom is 0.307 e. The van der Waals surface area contributed by atoms with Crippen LogP contribution in [0.5, 0.6) is 0 Å². The van der Waals surface area contributed by atoms with Crippen molar-refractivity contribution in [3.8, 4) is 0 Å². The van der Waals surface area contributed by atoms with Crippen molar-refractivity contribution in [1.82, 2.24) is 0 Å². The number of hydrogen-bond donors (Lipinski definition) is 1. The Bertz CT molecular complexity index is 396. The number of carbonyl (C=O) groups is 1. The number of fused-ring (bicyclic) bond motifs is 2. The zero-order chi connectivity index (χ0) is 15.3. The van der Waals surface area contributed by atoms with Crippen LogP contribution >= 0.6 is 0 Å². The van der Waals surface area contributed by atoms with E-state index in [4.69, 9.17) is 10.5 Å². The zero-order valence-electron chi connectivity index (χ0n) is 14.0. The number of carbonyl (C=O) groups excluding carboxylic acids is 1. The highest BCUT2D eigenvalue weighted by atomic mass is 16.5. The van der Waals surface area contributed by atoms with Crippen LogP contribution in [0.3, 0.4) is 0 Å². The van der Waals surface area contributed by atoms with Crippen molar-refractivity contribution in [2.75, 3.05) is 0 Å². The van der Waals surface area contributed by atoms with Crippen LogP contribution in [-0.2, 0) is 9.53 Å². The summed E-state index contributed by atoms with van der Waals surface area (Å²) in [6.07, 6.45) is 3.88. The first-order valence-electron chi connectivity index (χ1n) is 7.93. The molecule has 0 aromatic carbocycles. The van der Waals surface area contributed by atoms with Gasteiger partial charge in [-0.15, -0.1) is 0 Å². The van der Waals surface area contributed by atoms with Gasteiger partial charge >= 0.3 is 5.97 Å². The average Bonchev–Trinajstić information content (AvgIpc) is 2.60. The Morgan fingerprint density at radius 3 is 2.35 bits per heavy atom. The Kier molecular flexibility index (Phi) is 3.73. The van der Waals surface area contributed by atoms with Gasteiger partial charge in [-0.3, -0.25) is 4.79 Å². The second-order valence-electron chi connectivity index (χ2n) is 8.77. The standard InChI is InChI=1S/C17H31NO2/c1-15(2,3)12(18)10-14(19)20-13-9-11-7-8-17(13,6)16(11,4)5/h11-13H,7-10,18H2,1-6H3. The monoisotopic (exact) mass is 281 g/mol. The van der Waals surface area contributed by atoms with Crippen LogP contribution < -0.4 is 5.73 Å². The number of esters is 1. The highest BCUT2D eigenvalue weighted by molar-refractivity contribution is 5.70. The Hall–Kier alpha value is -0.570. The zero-order valence-corrected chi connectivity index (χ0v) is 14.0. The molecule has 2 aliphatic carbocycles. The van der Waals surface area contributed by atoms with E-state index in [1.807, 2.05) is 0 Å². The van der Waals surface area contributed by atoms with Crippen molar-refractivity contribution >= 4 is 5.97 Å². The van der Waals surface area contributed by atoms with E-state index in [1.165, 1.54) is 12.8 Å².